The Kier molecular flexibility index (Phi) is 4.22. The molecule has 1 N–H and O–H groups in total. The first-order chi connectivity index (χ1) is 11.8. The second-order valence-corrected chi connectivity index (χ2v) is 6.62. The van der Waals surface area contributed by atoms with Gasteiger partial charge < -0.3 is 9.64 Å². The fraction of sp³-hybridized carbons (Fsp3) is 0.350. The number of fused-ring (bicyclic) bond motifs is 2. The fourth-order valence-electron chi connectivity index (χ4n) is 3.81. The molecule has 2 saturated heterocycles. The van der Waals surface area contributed by atoms with Crippen LogP contribution in [0.25, 0.3) is 11.1 Å². The number of benzene rings is 2. The molecule has 2 heterocycles. The van der Waals surface area contributed by atoms with Crippen molar-refractivity contribution in [2.75, 3.05) is 25.0 Å². The molecule has 4 heteroatoms. The Hall–Kier alpha value is -2.33. The van der Waals surface area contributed by atoms with Crippen LogP contribution >= 0.6 is 0 Å². The van der Waals surface area contributed by atoms with E-state index in [1.807, 2.05) is 54.6 Å². The zero-order valence-electron chi connectivity index (χ0n) is 13.7. The number of carbonyl (C=O) groups excluding carboxylic acids is 1. The van der Waals surface area contributed by atoms with E-state index in [9.17, 15) is 4.79 Å². The summed E-state index contributed by atoms with van der Waals surface area (Å²) in [4.78, 5) is 14.8. The number of nitrogens with one attached hydrogen (secondary N) is 1. The van der Waals surface area contributed by atoms with E-state index in [4.69, 9.17) is 4.74 Å². The summed E-state index contributed by atoms with van der Waals surface area (Å²) < 4.78 is 5.74. The van der Waals surface area contributed by atoms with Gasteiger partial charge in [-0.15, -0.1) is 0 Å². The minimum absolute atomic E-state index is 0.0487. The highest BCUT2D eigenvalue weighted by atomic mass is 16.6. The minimum atomic E-state index is -0.344. The van der Waals surface area contributed by atoms with Gasteiger partial charge in [-0.25, -0.2) is 4.79 Å². The molecule has 4 rings (SSSR count). The number of hydrogen-bond donors (Lipinski definition) is 1. The average Bonchev–Trinajstić information content (AvgIpc) is 3.01. The van der Waals surface area contributed by atoms with Crippen molar-refractivity contribution >= 4 is 11.8 Å². The van der Waals surface area contributed by atoms with Gasteiger partial charge in [0.1, 0.15) is 6.10 Å². The van der Waals surface area contributed by atoms with Crippen molar-refractivity contribution in [3.05, 3.63) is 54.6 Å². The molecule has 3 atom stereocenters. The van der Waals surface area contributed by atoms with E-state index in [0.29, 0.717) is 5.92 Å². The number of nitrogens with zero attached hydrogens (tertiary/aromatic N) is 1. The lowest BCUT2D eigenvalue weighted by Crippen LogP contribution is -2.38. The topological polar surface area (TPSA) is 41.6 Å². The molecule has 0 radical (unpaired) electrons. The van der Waals surface area contributed by atoms with Crippen LogP contribution in [-0.2, 0) is 4.74 Å². The normalized spacial score (nSPS) is 25.2. The van der Waals surface area contributed by atoms with E-state index >= 15 is 0 Å². The number of amides is 1. The highest BCUT2D eigenvalue weighted by Gasteiger charge is 2.36. The Morgan fingerprint density at radius 2 is 1.75 bits per heavy atom. The van der Waals surface area contributed by atoms with Crippen LogP contribution < -0.4 is 5.32 Å². The number of para-hydroxylation sites is 1. The second-order valence-electron chi connectivity index (χ2n) is 6.62. The Bertz CT molecular complexity index is 717. The third kappa shape index (κ3) is 3.15. The summed E-state index contributed by atoms with van der Waals surface area (Å²) in [7, 11) is 0. The zero-order chi connectivity index (χ0) is 16.4. The summed E-state index contributed by atoms with van der Waals surface area (Å²) in [6.07, 6.45) is 1.79. The minimum Gasteiger partial charge on any atom is -0.446 e. The molecule has 2 aliphatic rings. The summed E-state index contributed by atoms with van der Waals surface area (Å²) >= 11 is 0. The van der Waals surface area contributed by atoms with E-state index in [1.165, 1.54) is 0 Å². The van der Waals surface area contributed by atoms with Gasteiger partial charge in [-0.05, 0) is 31.0 Å². The molecule has 2 bridgehead atoms. The van der Waals surface area contributed by atoms with E-state index in [0.717, 1.165) is 49.3 Å². The third-order valence-corrected chi connectivity index (χ3v) is 5.07. The fourth-order valence-corrected chi connectivity index (χ4v) is 3.81. The van der Waals surface area contributed by atoms with Crippen LogP contribution in [0.1, 0.15) is 12.8 Å². The summed E-state index contributed by atoms with van der Waals surface area (Å²) in [5.41, 5.74) is 2.88. The van der Waals surface area contributed by atoms with E-state index in [-0.39, 0.29) is 12.2 Å². The third-order valence-electron chi connectivity index (χ3n) is 5.07. The molecule has 0 spiro atoms. The quantitative estimate of drug-likeness (QED) is 0.929. The van der Waals surface area contributed by atoms with Crippen LogP contribution in [0, 0.1) is 5.92 Å². The van der Waals surface area contributed by atoms with Gasteiger partial charge in [-0.2, -0.15) is 0 Å². The lowest BCUT2D eigenvalue weighted by molar-refractivity contribution is 0.0462. The number of rotatable bonds is 3. The smallest absolute Gasteiger partial charge is 0.411 e. The van der Waals surface area contributed by atoms with Gasteiger partial charge in [0.15, 0.2) is 0 Å². The van der Waals surface area contributed by atoms with Crippen LogP contribution in [0.15, 0.2) is 54.6 Å². The molecule has 0 saturated carbocycles. The summed E-state index contributed by atoms with van der Waals surface area (Å²) in [6, 6.07) is 17.9. The molecule has 3 unspecified atom stereocenters. The van der Waals surface area contributed by atoms with Gasteiger partial charge in [0.05, 0.1) is 5.69 Å². The molecule has 124 valence electrons. The summed E-state index contributed by atoms with van der Waals surface area (Å²) in [6.45, 7) is 3.25. The number of ether oxygens (including phenoxy) is 1. The average molecular weight is 322 g/mol. The predicted octanol–water partition coefficient (Wildman–Crippen LogP) is 4.00. The van der Waals surface area contributed by atoms with Crippen molar-refractivity contribution in [2.24, 2.45) is 5.92 Å². The van der Waals surface area contributed by atoms with Crippen molar-refractivity contribution < 1.29 is 9.53 Å². The van der Waals surface area contributed by atoms with Crippen LogP contribution in [0.4, 0.5) is 10.5 Å². The number of carbonyl (C=O) groups is 1. The van der Waals surface area contributed by atoms with Crippen LogP contribution in [0.2, 0.25) is 0 Å². The van der Waals surface area contributed by atoms with Gasteiger partial charge in [0, 0.05) is 24.6 Å². The van der Waals surface area contributed by atoms with Crippen LogP contribution in [-0.4, -0.2) is 36.7 Å². The van der Waals surface area contributed by atoms with Crippen molar-refractivity contribution in [1.29, 1.82) is 0 Å². The van der Waals surface area contributed by atoms with Crippen LogP contribution in [0.5, 0.6) is 0 Å². The van der Waals surface area contributed by atoms with E-state index in [2.05, 4.69) is 10.2 Å². The lowest BCUT2D eigenvalue weighted by atomic mass is 9.97. The van der Waals surface area contributed by atoms with Gasteiger partial charge >= 0.3 is 6.09 Å². The Balaban J connectivity index is 1.46. The predicted molar refractivity (Wildman–Crippen MR) is 94.9 cm³/mol. The molecular formula is C20H22N2O2. The SMILES string of the molecule is O=C(Nc1ccccc1-c1ccccc1)OC1CCN2CCC1C2. The lowest BCUT2D eigenvalue weighted by Gasteiger charge is -2.30. The number of hydrogen-bond acceptors (Lipinski definition) is 3. The standard InChI is InChI=1S/C20H22N2O2/c23-20(24-19-11-13-22-12-10-16(19)14-22)21-18-9-5-4-8-17(18)15-6-2-1-3-7-15/h1-9,16,19H,10-14H2,(H,21,23). The van der Waals surface area contributed by atoms with Gasteiger partial charge in [0.2, 0.25) is 0 Å². The van der Waals surface area contributed by atoms with Gasteiger partial charge in [-0.3, -0.25) is 5.32 Å². The zero-order valence-corrected chi connectivity index (χ0v) is 13.7. The Morgan fingerprint density at radius 1 is 1.00 bits per heavy atom. The number of anilines is 1. The summed E-state index contributed by atoms with van der Waals surface area (Å²) in [5, 5.41) is 2.94. The molecule has 2 aliphatic heterocycles. The van der Waals surface area contributed by atoms with Gasteiger partial charge in [-0.1, -0.05) is 48.5 Å². The van der Waals surface area contributed by atoms with Crippen molar-refractivity contribution in [1.82, 2.24) is 4.90 Å². The molecule has 2 fully saturated rings. The molecule has 24 heavy (non-hydrogen) atoms. The molecule has 0 aliphatic carbocycles. The monoisotopic (exact) mass is 322 g/mol. The maximum Gasteiger partial charge on any atom is 0.411 e. The van der Waals surface area contributed by atoms with E-state index < -0.39 is 0 Å². The molecule has 1 amide bonds. The maximum absolute atomic E-state index is 12.4. The van der Waals surface area contributed by atoms with E-state index in [1.54, 1.807) is 0 Å². The van der Waals surface area contributed by atoms with Crippen molar-refractivity contribution in [2.45, 2.75) is 18.9 Å². The molecule has 4 nitrogen and oxygen atoms in total. The van der Waals surface area contributed by atoms with Crippen LogP contribution in [0.3, 0.4) is 0 Å². The number of piperidine rings is 1. The van der Waals surface area contributed by atoms with Gasteiger partial charge in [0.25, 0.3) is 0 Å². The largest absolute Gasteiger partial charge is 0.446 e. The second kappa shape index (κ2) is 6.65. The molecular weight excluding hydrogens is 300 g/mol. The van der Waals surface area contributed by atoms with Crippen molar-refractivity contribution in [3.63, 3.8) is 0 Å². The molecule has 0 aromatic heterocycles. The Labute approximate surface area is 142 Å². The molecule has 2 aromatic rings. The highest BCUT2D eigenvalue weighted by molar-refractivity contribution is 5.91. The maximum atomic E-state index is 12.4. The first kappa shape index (κ1) is 15.2. The van der Waals surface area contributed by atoms with Crippen molar-refractivity contribution in [3.8, 4) is 11.1 Å². The summed E-state index contributed by atoms with van der Waals surface area (Å²) in [5.74, 6) is 0.494. The Morgan fingerprint density at radius 3 is 2.62 bits per heavy atom. The highest BCUT2D eigenvalue weighted by Crippen LogP contribution is 2.31. The first-order valence-electron chi connectivity index (χ1n) is 8.64. The first-order valence-corrected chi connectivity index (χ1v) is 8.64. The molecule has 2 aromatic carbocycles.